The fourth-order valence-corrected chi connectivity index (χ4v) is 3.29. The van der Waals surface area contributed by atoms with Crippen molar-refractivity contribution in [2.24, 2.45) is 0 Å². The molecule has 0 unspecified atom stereocenters. The van der Waals surface area contributed by atoms with Crippen LogP contribution in [0, 0.1) is 12.7 Å². The predicted octanol–water partition coefficient (Wildman–Crippen LogP) is 3.27. The van der Waals surface area contributed by atoms with Gasteiger partial charge >= 0.3 is 5.97 Å². The summed E-state index contributed by atoms with van der Waals surface area (Å²) in [6.07, 6.45) is 1.17. The highest BCUT2D eigenvalue weighted by atomic mass is 19.1. The molecule has 1 aliphatic rings. The maximum atomic E-state index is 13.8. The van der Waals surface area contributed by atoms with E-state index in [0.29, 0.717) is 25.0 Å². The van der Waals surface area contributed by atoms with Gasteiger partial charge in [0.05, 0.1) is 24.2 Å². The molecule has 2 heterocycles. The van der Waals surface area contributed by atoms with Crippen LogP contribution in [-0.4, -0.2) is 22.7 Å². The molecule has 1 atom stereocenters. The molecule has 3 rings (SSSR count). The Morgan fingerprint density at radius 1 is 1.52 bits per heavy atom. The Morgan fingerprint density at radius 3 is 2.95 bits per heavy atom. The number of H-pyrrole nitrogens is 1. The molecular formula is C16H18FNO3. The molecule has 1 aromatic carbocycles. The molecule has 0 bridgehead atoms. The van der Waals surface area contributed by atoms with Crippen LogP contribution in [0.4, 0.5) is 4.39 Å². The number of carboxylic acids is 1. The number of ether oxygens (including phenoxy) is 1. The lowest BCUT2D eigenvalue weighted by Crippen LogP contribution is -2.37. The number of rotatable bonds is 3. The summed E-state index contributed by atoms with van der Waals surface area (Å²) in [4.78, 5) is 14.5. The third-order valence-corrected chi connectivity index (χ3v) is 4.47. The second-order valence-corrected chi connectivity index (χ2v) is 5.59. The van der Waals surface area contributed by atoms with Crippen molar-refractivity contribution in [1.29, 1.82) is 0 Å². The van der Waals surface area contributed by atoms with Gasteiger partial charge in [0.25, 0.3) is 0 Å². The number of carbonyl (C=O) groups is 1. The number of carboxylic acid groups (broad SMARTS) is 1. The molecule has 0 spiro atoms. The van der Waals surface area contributed by atoms with E-state index in [2.05, 4.69) is 4.98 Å². The number of halogens is 1. The summed E-state index contributed by atoms with van der Waals surface area (Å²) in [6.45, 7) is 4.12. The van der Waals surface area contributed by atoms with Crippen LogP contribution >= 0.6 is 0 Å². The van der Waals surface area contributed by atoms with Crippen molar-refractivity contribution >= 4 is 16.9 Å². The van der Waals surface area contributed by atoms with Gasteiger partial charge in [-0.2, -0.15) is 0 Å². The summed E-state index contributed by atoms with van der Waals surface area (Å²) >= 11 is 0. The van der Waals surface area contributed by atoms with Crippen LogP contribution in [-0.2, 0) is 21.6 Å². The van der Waals surface area contributed by atoms with E-state index in [0.717, 1.165) is 22.2 Å². The summed E-state index contributed by atoms with van der Waals surface area (Å²) in [5.41, 5.74) is 2.31. The molecule has 5 heteroatoms. The van der Waals surface area contributed by atoms with Crippen LogP contribution < -0.4 is 0 Å². The monoisotopic (exact) mass is 291 g/mol. The van der Waals surface area contributed by atoms with Gasteiger partial charge in [0.1, 0.15) is 11.4 Å². The Bertz CT molecular complexity index is 722. The number of fused-ring (bicyclic) bond motifs is 3. The van der Waals surface area contributed by atoms with Crippen LogP contribution in [0.3, 0.4) is 0 Å². The standard InChI is InChI=1S/C16H18FNO3/c1-3-16(8-13(19)20)15-11(6-7-21-16)10-4-5-12(17)9(2)14(10)18-15/h4-5,18H,3,6-8H2,1-2H3,(H,19,20)/t16-/m1/s1. The molecule has 4 nitrogen and oxygen atoms in total. The average molecular weight is 291 g/mol. The number of aromatic nitrogens is 1. The second-order valence-electron chi connectivity index (χ2n) is 5.59. The van der Waals surface area contributed by atoms with Crippen LogP contribution in [0.5, 0.6) is 0 Å². The highest BCUT2D eigenvalue weighted by Gasteiger charge is 2.41. The molecule has 0 aliphatic carbocycles. The molecule has 112 valence electrons. The van der Waals surface area contributed by atoms with Crippen molar-refractivity contribution in [2.75, 3.05) is 6.61 Å². The van der Waals surface area contributed by atoms with E-state index in [1.165, 1.54) is 6.07 Å². The third kappa shape index (κ3) is 2.03. The van der Waals surface area contributed by atoms with Crippen LogP contribution in [0.15, 0.2) is 12.1 Å². The minimum Gasteiger partial charge on any atom is -0.481 e. The molecule has 0 saturated carbocycles. The van der Waals surface area contributed by atoms with Gasteiger partial charge in [0.15, 0.2) is 0 Å². The largest absolute Gasteiger partial charge is 0.481 e. The lowest BCUT2D eigenvalue weighted by atomic mass is 9.86. The molecular weight excluding hydrogens is 273 g/mol. The van der Waals surface area contributed by atoms with Crippen molar-refractivity contribution in [3.05, 3.63) is 34.8 Å². The van der Waals surface area contributed by atoms with Crippen molar-refractivity contribution in [1.82, 2.24) is 4.98 Å². The zero-order valence-electron chi connectivity index (χ0n) is 12.1. The number of aliphatic carboxylic acids is 1. The minimum atomic E-state index is -0.897. The van der Waals surface area contributed by atoms with E-state index >= 15 is 0 Å². The van der Waals surface area contributed by atoms with Gasteiger partial charge in [-0.3, -0.25) is 4.79 Å². The molecule has 2 aromatic rings. The van der Waals surface area contributed by atoms with Gasteiger partial charge in [0, 0.05) is 10.9 Å². The minimum absolute atomic E-state index is 0.0924. The first kappa shape index (κ1) is 14.1. The lowest BCUT2D eigenvalue weighted by molar-refractivity contribution is -0.148. The van der Waals surface area contributed by atoms with E-state index in [4.69, 9.17) is 4.74 Å². The predicted molar refractivity (Wildman–Crippen MR) is 76.9 cm³/mol. The van der Waals surface area contributed by atoms with Gasteiger partial charge in [-0.15, -0.1) is 0 Å². The van der Waals surface area contributed by atoms with Crippen molar-refractivity contribution in [2.45, 2.75) is 38.7 Å². The maximum Gasteiger partial charge on any atom is 0.306 e. The number of aromatic amines is 1. The Morgan fingerprint density at radius 2 is 2.29 bits per heavy atom. The Hall–Kier alpha value is -1.88. The fraction of sp³-hybridized carbons (Fsp3) is 0.438. The van der Waals surface area contributed by atoms with Crippen molar-refractivity contribution in [3.8, 4) is 0 Å². The summed E-state index contributed by atoms with van der Waals surface area (Å²) in [5, 5.41) is 10.2. The van der Waals surface area contributed by atoms with Gasteiger partial charge in [-0.05, 0) is 37.5 Å². The van der Waals surface area contributed by atoms with Crippen LogP contribution in [0.1, 0.15) is 36.6 Å². The molecule has 2 N–H and O–H groups in total. The van der Waals surface area contributed by atoms with E-state index in [1.54, 1.807) is 13.0 Å². The Kier molecular flexibility index (Phi) is 3.24. The Balaban J connectivity index is 2.26. The number of hydrogen-bond acceptors (Lipinski definition) is 2. The smallest absolute Gasteiger partial charge is 0.306 e. The van der Waals surface area contributed by atoms with Gasteiger partial charge in [0.2, 0.25) is 0 Å². The first-order chi connectivity index (χ1) is 9.98. The molecule has 0 amide bonds. The van der Waals surface area contributed by atoms with Crippen LogP contribution in [0.2, 0.25) is 0 Å². The molecule has 0 saturated heterocycles. The SMILES string of the molecule is CC[C@]1(CC(=O)O)OCCc2c1[nH]c1c(C)c(F)ccc21. The van der Waals surface area contributed by atoms with Gasteiger partial charge in [-0.1, -0.05) is 6.92 Å². The number of nitrogens with one attached hydrogen (secondary N) is 1. The quantitative estimate of drug-likeness (QED) is 0.912. The topological polar surface area (TPSA) is 62.3 Å². The zero-order chi connectivity index (χ0) is 15.2. The molecule has 1 aliphatic heterocycles. The average Bonchev–Trinajstić information content (AvgIpc) is 2.83. The van der Waals surface area contributed by atoms with Gasteiger partial charge < -0.3 is 14.8 Å². The summed E-state index contributed by atoms with van der Waals surface area (Å²) in [5.74, 6) is -1.16. The lowest BCUT2D eigenvalue weighted by Gasteiger charge is -2.35. The third-order valence-electron chi connectivity index (χ3n) is 4.47. The second kappa shape index (κ2) is 4.84. The van der Waals surface area contributed by atoms with Crippen molar-refractivity contribution in [3.63, 3.8) is 0 Å². The number of hydrogen-bond donors (Lipinski definition) is 2. The van der Waals surface area contributed by atoms with Crippen LogP contribution in [0.25, 0.3) is 10.9 Å². The number of aryl methyl sites for hydroxylation is 1. The van der Waals surface area contributed by atoms with Crippen molar-refractivity contribution < 1.29 is 19.0 Å². The van der Waals surface area contributed by atoms with E-state index in [1.807, 2.05) is 6.92 Å². The first-order valence-corrected chi connectivity index (χ1v) is 7.14. The highest BCUT2D eigenvalue weighted by Crippen LogP contribution is 2.42. The molecule has 1 aromatic heterocycles. The number of benzene rings is 1. The van der Waals surface area contributed by atoms with E-state index in [-0.39, 0.29) is 12.2 Å². The molecule has 0 radical (unpaired) electrons. The first-order valence-electron chi connectivity index (χ1n) is 7.14. The van der Waals surface area contributed by atoms with E-state index < -0.39 is 11.6 Å². The normalized spacial score (nSPS) is 21.5. The molecule has 0 fully saturated rings. The van der Waals surface area contributed by atoms with E-state index in [9.17, 15) is 14.3 Å². The van der Waals surface area contributed by atoms with Gasteiger partial charge in [-0.25, -0.2) is 4.39 Å². The summed E-state index contributed by atoms with van der Waals surface area (Å²) in [7, 11) is 0. The highest BCUT2D eigenvalue weighted by molar-refractivity contribution is 5.88. The summed E-state index contributed by atoms with van der Waals surface area (Å²) in [6, 6.07) is 3.23. The zero-order valence-corrected chi connectivity index (χ0v) is 12.1. The fourth-order valence-electron chi connectivity index (χ4n) is 3.29. The maximum absolute atomic E-state index is 13.8. The summed E-state index contributed by atoms with van der Waals surface area (Å²) < 4.78 is 19.6. The molecule has 21 heavy (non-hydrogen) atoms. The Labute approximate surface area is 121 Å².